The topological polar surface area (TPSA) is 94.5 Å². The zero-order valence-electron chi connectivity index (χ0n) is 16.7. The van der Waals surface area contributed by atoms with Crippen LogP contribution in [0, 0.1) is 0 Å². The Morgan fingerprint density at radius 3 is 2.17 bits per heavy atom. The van der Waals surface area contributed by atoms with Gasteiger partial charge in [0.05, 0.1) is 32.8 Å². The van der Waals surface area contributed by atoms with Crippen molar-refractivity contribution in [2.24, 2.45) is 0 Å². The average Bonchev–Trinajstić information content (AvgIpc) is 3.02. The molecule has 1 heterocycles. The van der Waals surface area contributed by atoms with Crippen molar-refractivity contribution in [1.29, 1.82) is 0 Å². The Balaban J connectivity index is 1.71. The van der Waals surface area contributed by atoms with Crippen molar-refractivity contribution in [3.8, 4) is 28.7 Å². The number of hydrogen-bond donors (Lipinski definition) is 1. The number of aromatic hydroxyl groups is 1. The third kappa shape index (κ3) is 4.46. The number of imide groups is 1. The molecule has 1 fully saturated rings. The summed E-state index contributed by atoms with van der Waals surface area (Å²) in [4.78, 5) is 26.4. The van der Waals surface area contributed by atoms with Gasteiger partial charge in [-0.15, -0.1) is 0 Å². The zero-order valence-corrected chi connectivity index (χ0v) is 17.5. The van der Waals surface area contributed by atoms with E-state index in [1.807, 2.05) is 6.07 Å². The first-order valence-electron chi connectivity index (χ1n) is 8.94. The Morgan fingerprint density at radius 2 is 1.57 bits per heavy atom. The molecule has 2 aromatic rings. The summed E-state index contributed by atoms with van der Waals surface area (Å²) < 4.78 is 21.1. The van der Waals surface area contributed by atoms with Crippen molar-refractivity contribution in [3.63, 3.8) is 0 Å². The number of thioether (sulfide) groups is 1. The molecule has 0 unspecified atom stereocenters. The van der Waals surface area contributed by atoms with Gasteiger partial charge in [-0.3, -0.25) is 14.5 Å². The lowest BCUT2D eigenvalue weighted by Crippen LogP contribution is -2.32. The van der Waals surface area contributed by atoms with Crippen molar-refractivity contribution >= 4 is 29.0 Å². The van der Waals surface area contributed by atoms with Gasteiger partial charge >= 0.3 is 0 Å². The van der Waals surface area contributed by atoms with Crippen LogP contribution in [0.15, 0.2) is 41.3 Å². The zero-order chi connectivity index (χ0) is 21.7. The predicted octanol–water partition coefficient (Wildman–Crippen LogP) is 3.53. The number of para-hydroxylation sites is 2. The van der Waals surface area contributed by atoms with E-state index in [1.165, 1.54) is 21.3 Å². The van der Waals surface area contributed by atoms with Crippen LogP contribution < -0.4 is 18.9 Å². The number of ether oxygens (including phenoxy) is 4. The summed E-state index contributed by atoms with van der Waals surface area (Å²) in [5.41, 5.74) is 0.553. The summed E-state index contributed by atoms with van der Waals surface area (Å²) in [5.74, 6) is 0.945. The van der Waals surface area contributed by atoms with Crippen molar-refractivity contribution in [1.82, 2.24) is 4.90 Å². The fourth-order valence-electron chi connectivity index (χ4n) is 2.83. The maximum Gasteiger partial charge on any atom is 0.293 e. The Bertz CT molecular complexity index is 964. The molecule has 2 amide bonds. The molecule has 0 aliphatic carbocycles. The number of carbonyl (C=O) groups is 2. The lowest BCUT2D eigenvalue weighted by molar-refractivity contribution is -0.123. The van der Waals surface area contributed by atoms with Gasteiger partial charge in [0.2, 0.25) is 5.75 Å². The van der Waals surface area contributed by atoms with Gasteiger partial charge in [0, 0.05) is 0 Å². The van der Waals surface area contributed by atoms with Crippen LogP contribution >= 0.6 is 11.8 Å². The van der Waals surface area contributed by atoms with E-state index in [9.17, 15) is 14.7 Å². The molecule has 30 heavy (non-hydrogen) atoms. The molecular weight excluding hydrogens is 410 g/mol. The maximum atomic E-state index is 12.7. The Morgan fingerprint density at radius 1 is 0.967 bits per heavy atom. The first-order valence-corrected chi connectivity index (χ1v) is 9.76. The summed E-state index contributed by atoms with van der Waals surface area (Å²) in [6.07, 6.45) is 1.55. The van der Waals surface area contributed by atoms with Crippen LogP contribution in [0.5, 0.6) is 28.7 Å². The van der Waals surface area contributed by atoms with Gasteiger partial charge in [-0.1, -0.05) is 12.1 Å². The standard InChI is InChI=1S/C21H21NO7S/c1-26-14-6-4-5-7-15(14)29-9-8-22-20(24)18(30-21(22)25)12-13-10-16(27-2)19(23)17(11-13)28-3/h4-7,10-12,23H,8-9H2,1-3H3/b18-12-. The van der Waals surface area contributed by atoms with E-state index < -0.39 is 5.91 Å². The fraction of sp³-hybridized carbons (Fsp3) is 0.238. The third-order valence-corrected chi connectivity index (χ3v) is 5.22. The van der Waals surface area contributed by atoms with E-state index >= 15 is 0 Å². The summed E-state index contributed by atoms with van der Waals surface area (Å²) >= 11 is 0.836. The number of phenolic OH excluding ortho intramolecular Hbond substituents is 1. The van der Waals surface area contributed by atoms with Crippen LogP contribution in [0.2, 0.25) is 0 Å². The van der Waals surface area contributed by atoms with E-state index in [2.05, 4.69) is 0 Å². The quantitative estimate of drug-likeness (QED) is 0.635. The number of methoxy groups -OCH3 is 3. The van der Waals surface area contributed by atoms with Crippen molar-refractivity contribution in [2.75, 3.05) is 34.5 Å². The monoisotopic (exact) mass is 431 g/mol. The third-order valence-electron chi connectivity index (χ3n) is 4.32. The molecule has 1 saturated heterocycles. The molecule has 0 radical (unpaired) electrons. The summed E-state index contributed by atoms with van der Waals surface area (Å²) in [5, 5.41) is 9.63. The van der Waals surface area contributed by atoms with E-state index in [4.69, 9.17) is 18.9 Å². The number of benzene rings is 2. The van der Waals surface area contributed by atoms with Gasteiger partial charge in [0.15, 0.2) is 23.0 Å². The van der Waals surface area contributed by atoms with Crippen LogP contribution in [-0.4, -0.2) is 55.6 Å². The maximum absolute atomic E-state index is 12.7. The molecule has 1 N–H and O–H groups in total. The molecule has 0 atom stereocenters. The van der Waals surface area contributed by atoms with Gasteiger partial charge in [-0.2, -0.15) is 0 Å². The fourth-order valence-corrected chi connectivity index (χ4v) is 3.69. The number of hydrogen-bond acceptors (Lipinski definition) is 8. The molecule has 8 nitrogen and oxygen atoms in total. The van der Waals surface area contributed by atoms with E-state index in [-0.39, 0.29) is 40.5 Å². The van der Waals surface area contributed by atoms with Crippen LogP contribution in [0.25, 0.3) is 6.08 Å². The number of amides is 2. The first kappa shape index (κ1) is 21.4. The van der Waals surface area contributed by atoms with E-state index in [0.717, 1.165) is 16.7 Å². The number of rotatable bonds is 8. The summed E-state index contributed by atoms with van der Waals surface area (Å²) in [6.45, 7) is 0.231. The van der Waals surface area contributed by atoms with Gasteiger partial charge in [0.25, 0.3) is 11.1 Å². The molecule has 0 aromatic heterocycles. The second-order valence-corrected chi connectivity index (χ2v) is 7.10. The second-order valence-electron chi connectivity index (χ2n) is 6.11. The van der Waals surface area contributed by atoms with E-state index in [0.29, 0.717) is 17.1 Å². The molecule has 9 heteroatoms. The average molecular weight is 431 g/mol. The molecule has 2 aromatic carbocycles. The van der Waals surface area contributed by atoms with Crippen molar-refractivity contribution < 1.29 is 33.6 Å². The minimum absolute atomic E-state index is 0.0995. The normalized spacial score (nSPS) is 14.9. The highest BCUT2D eigenvalue weighted by molar-refractivity contribution is 8.18. The molecule has 3 rings (SSSR count). The molecule has 0 spiro atoms. The Hall–Kier alpha value is -3.33. The second kappa shape index (κ2) is 9.45. The molecule has 0 bridgehead atoms. The molecule has 1 aliphatic heterocycles. The van der Waals surface area contributed by atoms with Crippen LogP contribution in [0.4, 0.5) is 4.79 Å². The predicted molar refractivity (Wildman–Crippen MR) is 112 cm³/mol. The van der Waals surface area contributed by atoms with Crippen LogP contribution in [0.1, 0.15) is 5.56 Å². The van der Waals surface area contributed by atoms with Crippen LogP contribution in [0.3, 0.4) is 0 Å². The molecule has 1 aliphatic rings. The molecule has 0 saturated carbocycles. The number of carbonyl (C=O) groups excluding carboxylic acids is 2. The minimum atomic E-state index is -0.417. The van der Waals surface area contributed by atoms with E-state index in [1.54, 1.807) is 36.4 Å². The van der Waals surface area contributed by atoms with Crippen molar-refractivity contribution in [2.45, 2.75) is 0 Å². The Labute approximate surface area is 178 Å². The van der Waals surface area contributed by atoms with Crippen molar-refractivity contribution in [3.05, 3.63) is 46.9 Å². The minimum Gasteiger partial charge on any atom is -0.502 e. The van der Waals surface area contributed by atoms with Crippen LogP contribution in [-0.2, 0) is 4.79 Å². The molecular formula is C21H21NO7S. The van der Waals surface area contributed by atoms with Gasteiger partial charge in [-0.25, -0.2) is 0 Å². The molecule has 158 valence electrons. The van der Waals surface area contributed by atoms with Gasteiger partial charge in [-0.05, 0) is 47.7 Å². The Kier molecular flexibility index (Phi) is 6.73. The van der Waals surface area contributed by atoms with Gasteiger partial charge in [0.1, 0.15) is 6.61 Å². The first-order chi connectivity index (χ1) is 14.5. The number of nitrogens with zero attached hydrogens (tertiary/aromatic N) is 1. The lowest BCUT2D eigenvalue weighted by Gasteiger charge is -2.14. The summed E-state index contributed by atoms with van der Waals surface area (Å²) in [6, 6.07) is 10.2. The summed E-state index contributed by atoms with van der Waals surface area (Å²) in [7, 11) is 4.36. The number of phenols is 1. The lowest BCUT2D eigenvalue weighted by atomic mass is 10.1. The largest absolute Gasteiger partial charge is 0.502 e. The highest BCUT2D eigenvalue weighted by atomic mass is 32.2. The highest BCUT2D eigenvalue weighted by Gasteiger charge is 2.35. The van der Waals surface area contributed by atoms with Gasteiger partial charge < -0.3 is 24.1 Å². The smallest absolute Gasteiger partial charge is 0.293 e. The SMILES string of the molecule is COc1ccccc1OCCN1C(=O)S/C(=C\c2cc(OC)c(O)c(OC)c2)C1=O. The highest BCUT2D eigenvalue weighted by Crippen LogP contribution is 2.39.